The SMILES string of the molecule is COC(=O)c1c(-c2n[nH]c(-c3ccccc3)n2)cccc1-c1n[nH]c(-c2ccccc2)n1. The van der Waals surface area contributed by atoms with Crippen LogP contribution < -0.4 is 0 Å². The van der Waals surface area contributed by atoms with E-state index in [0.717, 1.165) is 11.1 Å². The van der Waals surface area contributed by atoms with Crippen LogP contribution in [0.1, 0.15) is 10.4 Å². The van der Waals surface area contributed by atoms with Crippen molar-refractivity contribution < 1.29 is 9.53 Å². The fourth-order valence-electron chi connectivity index (χ4n) is 3.46. The summed E-state index contributed by atoms with van der Waals surface area (Å²) in [5, 5.41) is 14.5. The second kappa shape index (κ2) is 8.27. The Bertz CT molecular complexity index is 1280. The summed E-state index contributed by atoms with van der Waals surface area (Å²) in [4.78, 5) is 22.0. The molecular weight excluding hydrogens is 404 g/mol. The second-order valence-electron chi connectivity index (χ2n) is 6.97. The first-order chi connectivity index (χ1) is 15.7. The molecule has 3 aromatic carbocycles. The highest BCUT2D eigenvalue weighted by molar-refractivity contribution is 6.02. The van der Waals surface area contributed by atoms with E-state index in [4.69, 9.17) is 4.74 Å². The lowest BCUT2D eigenvalue weighted by molar-refractivity contribution is 0.0602. The van der Waals surface area contributed by atoms with Gasteiger partial charge in [-0.05, 0) is 0 Å². The molecule has 0 atom stereocenters. The molecule has 32 heavy (non-hydrogen) atoms. The van der Waals surface area contributed by atoms with Crippen LogP contribution in [0.3, 0.4) is 0 Å². The number of aromatic amines is 2. The molecule has 0 fully saturated rings. The summed E-state index contributed by atoms with van der Waals surface area (Å²) in [5.74, 6) is 1.44. The highest BCUT2D eigenvalue weighted by Crippen LogP contribution is 2.31. The maximum atomic E-state index is 12.8. The van der Waals surface area contributed by atoms with Gasteiger partial charge in [0, 0.05) is 22.3 Å². The lowest BCUT2D eigenvalue weighted by atomic mass is 10.00. The molecule has 0 aliphatic rings. The lowest BCUT2D eigenvalue weighted by Crippen LogP contribution is -2.07. The molecule has 0 amide bonds. The third kappa shape index (κ3) is 3.54. The van der Waals surface area contributed by atoms with Crippen LogP contribution in [0.15, 0.2) is 78.9 Å². The number of rotatable bonds is 5. The average molecular weight is 422 g/mol. The van der Waals surface area contributed by atoms with Crippen molar-refractivity contribution in [3.63, 3.8) is 0 Å². The third-order valence-corrected chi connectivity index (χ3v) is 5.00. The molecule has 0 aliphatic heterocycles. The van der Waals surface area contributed by atoms with Gasteiger partial charge in [0.25, 0.3) is 0 Å². The molecule has 0 radical (unpaired) electrons. The van der Waals surface area contributed by atoms with E-state index >= 15 is 0 Å². The van der Waals surface area contributed by atoms with Crippen molar-refractivity contribution >= 4 is 5.97 Å². The van der Waals surface area contributed by atoms with Gasteiger partial charge in [-0.25, -0.2) is 14.8 Å². The van der Waals surface area contributed by atoms with E-state index < -0.39 is 5.97 Å². The molecule has 8 heteroatoms. The summed E-state index contributed by atoms with van der Waals surface area (Å²) < 4.78 is 5.07. The molecule has 5 aromatic rings. The van der Waals surface area contributed by atoms with Crippen LogP contribution in [0, 0.1) is 0 Å². The number of ether oxygens (including phenoxy) is 1. The molecule has 2 N–H and O–H groups in total. The Morgan fingerprint density at radius 1 is 0.688 bits per heavy atom. The monoisotopic (exact) mass is 422 g/mol. The van der Waals surface area contributed by atoms with Gasteiger partial charge in [0.05, 0.1) is 12.7 Å². The molecule has 2 aromatic heterocycles. The topological polar surface area (TPSA) is 109 Å². The molecule has 0 bridgehead atoms. The van der Waals surface area contributed by atoms with Gasteiger partial charge < -0.3 is 4.74 Å². The molecule has 2 heterocycles. The van der Waals surface area contributed by atoms with Gasteiger partial charge in [0.2, 0.25) is 0 Å². The van der Waals surface area contributed by atoms with Gasteiger partial charge in [0.1, 0.15) is 0 Å². The van der Waals surface area contributed by atoms with Crippen LogP contribution in [0.4, 0.5) is 0 Å². The molecule has 0 spiro atoms. The fourth-order valence-corrected chi connectivity index (χ4v) is 3.46. The van der Waals surface area contributed by atoms with Crippen molar-refractivity contribution in [3.05, 3.63) is 84.4 Å². The number of nitrogens with one attached hydrogen (secondary N) is 2. The van der Waals surface area contributed by atoms with Gasteiger partial charge in [-0.2, -0.15) is 10.2 Å². The Morgan fingerprint density at radius 3 is 1.59 bits per heavy atom. The van der Waals surface area contributed by atoms with Crippen LogP contribution >= 0.6 is 0 Å². The number of H-pyrrole nitrogens is 2. The summed E-state index contributed by atoms with van der Waals surface area (Å²) >= 11 is 0. The van der Waals surface area contributed by atoms with E-state index in [-0.39, 0.29) is 0 Å². The highest BCUT2D eigenvalue weighted by atomic mass is 16.5. The predicted octanol–water partition coefficient (Wildman–Crippen LogP) is 4.38. The first-order valence-electron chi connectivity index (χ1n) is 9.92. The minimum Gasteiger partial charge on any atom is -0.465 e. The average Bonchev–Trinajstić information content (AvgIpc) is 3.55. The first kappa shape index (κ1) is 19.4. The number of aromatic nitrogens is 6. The molecule has 8 nitrogen and oxygen atoms in total. The Labute approximate surface area is 183 Å². The highest BCUT2D eigenvalue weighted by Gasteiger charge is 2.24. The Kier molecular flexibility index (Phi) is 5.01. The fraction of sp³-hybridized carbons (Fsp3) is 0.0417. The van der Waals surface area contributed by atoms with Crippen molar-refractivity contribution in [3.8, 4) is 45.6 Å². The number of esters is 1. The normalized spacial score (nSPS) is 10.8. The summed E-state index contributed by atoms with van der Waals surface area (Å²) in [6.07, 6.45) is 0. The number of carbonyl (C=O) groups excluding carboxylic acids is 1. The molecule has 0 unspecified atom stereocenters. The number of hydrogen-bond donors (Lipinski definition) is 2. The van der Waals surface area contributed by atoms with E-state index in [9.17, 15) is 4.79 Å². The second-order valence-corrected chi connectivity index (χ2v) is 6.97. The number of benzene rings is 3. The van der Waals surface area contributed by atoms with E-state index in [1.807, 2.05) is 66.7 Å². The molecule has 5 rings (SSSR count). The van der Waals surface area contributed by atoms with Crippen LogP contribution in [0.25, 0.3) is 45.6 Å². The molecule has 0 aliphatic carbocycles. The van der Waals surface area contributed by atoms with E-state index in [1.54, 1.807) is 12.1 Å². The van der Waals surface area contributed by atoms with Crippen LogP contribution in [0.5, 0.6) is 0 Å². The zero-order valence-electron chi connectivity index (χ0n) is 17.1. The Hall–Kier alpha value is -4.59. The minimum absolute atomic E-state index is 0.298. The Morgan fingerprint density at radius 2 is 1.16 bits per heavy atom. The smallest absolute Gasteiger partial charge is 0.339 e. The summed E-state index contributed by atoms with van der Waals surface area (Å²) in [7, 11) is 1.34. The standard InChI is InChI=1S/C24H18N6O2/c1-32-24(31)19-17(22-25-20(27-29-22)15-9-4-2-5-10-15)13-8-14-18(19)23-26-21(28-30-23)16-11-6-3-7-12-16/h2-14H,1H3,(H,25,27,29)(H,26,28,30). The van der Waals surface area contributed by atoms with Crippen molar-refractivity contribution in [2.75, 3.05) is 7.11 Å². The van der Waals surface area contributed by atoms with Crippen LogP contribution in [-0.2, 0) is 4.74 Å². The lowest BCUT2D eigenvalue weighted by Gasteiger charge is -2.09. The molecule has 156 valence electrons. The summed E-state index contributed by atoms with van der Waals surface area (Å²) in [6.45, 7) is 0. The van der Waals surface area contributed by atoms with Crippen LogP contribution in [0.2, 0.25) is 0 Å². The number of methoxy groups -OCH3 is 1. The largest absolute Gasteiger partial charge is 0.465 e. The van der Waals surface area contributed by atoms with Crippen molar-refractivity contribution in [1.82, 2.24) is 30.4 Å². The van der Waals surface area contributed by atoms with Gasteiger partial charge in [-0.3, -0.25) is 10.2 Å². The number of nitrogens with zero attached hydrogens (tertiary/aromatic N) is 4. The number of hydrogen-bond acceptors (Lipinski definition) is 6. The van der Waals surface area contributed by atoms with E-state index in [1.165, 1.54) is 7.11 Å². The maximum Gasteiger partial charge on any atom is 0.339 e. The zero-order chi connectivity index (χ0) is 21.9. The molecule has 0 saturated heterocycles. The zero-order valence-corrected chi connectivity index (χ0v) is 17.1. The van der Waals surface area contributed by atoms with E-state index in [0.29, 0.717) is 40.0 Å². The maximum absolute atomic E-state index is 12.8. The minimum atomic E-state index is -0.521. The van der Waals surface area contributed by atoms with E-state index in [2.05, 4.69) is 30.4 Å². The molecular formula is C24H18N6O2. The first-order valence-corrected chi connectivity index (χ1v) is 9.92. The van der Waals surface area contributed by atoms with Gasteiger partial charge in [0.15, 0.2) is 23.3 Å². The van der Waals surface area contributed by atoms with Gasteiger partial charge in [-0.15, -0.1) is 0 Å². The predicted molar refractivity (Wildman–Crippen MR) is 119 cm³/mol. The summed E-state index contributed by atoms with van der Waals surface area (Å²) in [6, 6.07) is 24.6. The molecule has 0 saturated carbocycles. The summed E-state index contributed by atoms with van der Waals surface area (Å²) in [5.41, 5.74) is 3.14. The Balaban J connectivity index is 1.61. The van der Waals surface area contributed by atoms with Crippen molar-refractivity contribution in [2.24, 2.45) is 0 Å². The third-order valence-electron chi connectivity index (χ3n) is 5.00. The van der Waals surface area contributed by atoms with Gasteiger partial charge in [-0.1, -0.05) is 78.9 Å². The quantitative estimate of drug-likeness (QED) is 0.407. The number of carbonyl (C=O) groups is 1. The van der Waals surface area contributed by atoms with Crippen molar-refractivity contribution in [2.45, 2.75) is 0 Å². The van der Waals surface area contributed by atoms with Crippen molar-refractivity contribution in [1.29, 1.82) is 0 Å². The van der Waals surface area contributed by atoms with Gasteiger partial charge >= 0.3 is 5.97 Å². The van der Waals surface area contributed by atoms with Crippen LogP contribution in [-0.4, -0.2) is 43.4 Å².